The van der Waals surface area contributed by atoms with Crippen LogP contribution in [-0.4, -0.2) is 23.3 Å². The molecular formula is C8H17NO. The van der Waals surface area contributed by atoms with E-state index in [2.05, 4.69) is 19.2 Å². The lowest BCUT2D eigenvalue weighted by Gasteiger charge is -2.17. The van der Waals surface area contributed by atoms with Gasteiger partial charge in [-0.15, -0.1) is 0 Å². The Morgan fingerprint density at radius 3 is 2.60 bits per heavy atom. The Balaban J connectivity index is 2.11. The molecule has 2 heteroatoms. The molecule has 0 aromatic carbocycles. The average molecular weight is 143 g/mol. The molecule has 0 aromatic heterocycles. The van der Waals surface area contributed by atoms with Crippen molar-refractivity contribution in [1.29, 1.82) is 0 Å². The third kappa shape index (κ3) is 2.27. The summed E-state index contributed by atoms with van der Waals surface area (Å²) in [5, 5.41) is 12.1. The summed E-state index contributed by atoms with van der Waals surface area (Å²) in [4.78, 5) is 0. The molecule has 0 aliphatic heterocycles. The van der Waals surface area contributed by atoms with E-state index in [1.54, 1.807) is 0 Å². The van der Waals surface area contributed by atoms with Crippen LogP contribution in [0.4, 0.5) is 0 Å². The van der Waals surface area contributed by atoms with Gasteiger partial charge < -0.3 is 10.4 Å². The summed E-state index contributed by atoms with van der Waals surface area (Å²) in [6.07, 6.45) is 3.46. The summed E-state index contributed by atoms with van der Waals surface area (Å²) in [5.74, 6) is 0. The maximum Gasteiger partial charge on any atom is 0.0445 e. The van der Waals surface area contributed by atoms with Crippen LogP contribution in [0.1, 0.15) is 33.1 Å². The first kappa shape index (κ1) is 8.02. The van der Waals surface area contributed by atoms with Crippen molar-refractivity contribution < 1.29 is 5.11 Å². The zero-order valence-corrected chi connectivity index (χ0v) is 6.85. The zero-order chi connectivity index (χ0) is 7.61. The highest BCUT2D eigenvalue weighted by Gasteiger charge is 2.37. The van der Waals surface area contributed by atoms with Gasteiger partial charge in [0.05, 0.1) is 0 Å². The molecule has 0 saturated heterocycles. The van der Waals surface area contributed by atoms with Crippen molar-refractivity contribution in [3.63, 3.8) is 0 Å². The smallest absolute Gasteiger partial charge is 0.0445 e. The molecule has 0 bridgehead atoms. The number of aliphatic hydroxyl groups is 1. The molecule has 1 atom stereocenters. The van der Waals surface area contributed by atoms with Crippen molar-refractivity contribution in [2.45, 2.75) is 44.7 Å². The van der Waals surface area contributed by atoms with Gasteiger partial charge in [-0.05, 0) is 33.1 Å². The minimum atomic E-state index is 0.296. The summed E-state index contributed by atoms with van der Waals surface area (Å²) in [6.45, 7) is 4.66. The summed E-state index contributed by atoms with van der Waals surface area (Å²) in [7, 11) is 0. The van der Waals surface area contributed by atoms with Crippen LogP contribution in [-0.2, 0) is 0 Å². The van der Waals surface area contributed by atoms with Gasteiger partial charge in [-0.25, -0.2) is 0 Å². The predicted octanol–water partition coefficient (Wildman–Crippen LogP) is 0.899. The fourth-order valence-electron chi connectivity index (χ4n) is 1.19. The standard InChI is InChI=1S/C8H17NO/c1-7(3-6-10)9-8(2)4-5-8/h7,9-10H,3-6H2,1-2H3. The fourth-order valence-corrected chi connectivity index (χ4v) is 1.19. The minimum Gasteiger partial charge on any atom is -0.396 e. The molecule has 2 N–H and O–H groups in total. The van der Waals surface area contributed by atoms with E-state index in [-0.39, 0.29) is 0 Å². The highest BCUT2D eigenvalue weighted by Crippen LogP contribution is 2.34. The molecule has 0 aromatic rings. The Morgan fingerprint density at radius 2 is 2.20 bits per heavy atom. The number of nitrogens with one attached hydrogen (secondary N) is 1. The quantitative estimate of drug-likeness (QED) is 0.613. The van der Waals surface area contributed by atoms with E-state index >= 15 is 0 Å². The van der Waals surface area contributed by atoms with Crippen LogP contribution in [0.3, 0.4) is 0 Å². The van der Waals surface area contributed by atoms with E-state index in [0.29, 0.717) is 18.2 Å². The van der Waals surface area contributed by atoms with Gasteiger partial charge in [0, 0.05) is 18.2 Å². The van der Waals surface area contributed by atoms with Crippen LogP contribution < -0.4 is 5.32 Å². The Labute approximate surface area is 62.6 Å². The van der Waals surface area contributed by atoms with Crippen LogP contribution in [0, 0.1) is 0 Å². The van der Waals surface area contributed by atoms with Gasteiger partial charge in [0.15, 0.2) is 0 Å². The maximum absolute atomic E-state index is 8.61. The third-order valence-electron chi connectivity index (χ3n) is 2.16. The number of hydrogen-bond acceptors (Lipinski definition) is 2. The minimum absolute atomic E-state index is 0.296. The molecule has 1 saturated carbocycles. The van der Waals surface area contributed by atoms with Gasteiger partial charge in [-0.1, -0.05) is 0 Å². The number of aliphatic hydroxyl groups excluding tert-OH is 1. The zero-order valence-electron chi connectivity index (χ0n) is 6.85. The second kappa shape index (κ2) is 2.89. The SMILES string of the molecule is CC(CCO)NC1(C)CC1. The molecule has 1 fully saturated rings. The third-order valence-corrected chi connectivity index (χ3v) is 2.16. The van der Waals surface area contributed by atoms with E-state index in [9.17, 15) is 0 Å². The van der Waals surface area contributed by atoms with Gasteiger partial charge in [-0.3, -0.25) is 0 Å². The molecule has 60 valence electrons. The molecule has 0 heterocycles. The first-order valence-electron chi connectivity index (χ1n) is 4.05. The maximum atomic E-state index is 8.61. The number of hydrogen-bond donors (Lipinski definition) is 2. The molecule has 0 spiro atoms. The summed E-state index contributed by atoms with van der Waals surface area (Å²) in [6, 6.07) is 0.470. The van der Waals surface area contributed by atoms with Crippen LogP contribution in [0.2, 0.25) is 0 Å². The predicted molar refractivity (Wildman–Crippen MR) is 41.9 cm³/mol. The highest BCUT2D eigenvalue weighted by molar-refractivity contribution is 4.98. The summed E-state index contributed by atoms with van der Waals surface area (Å²) >= 11 is 0. The molecule has 2 nitrogen and oxygen atoms in total. The average Bonchev–Trinajstić information content (AvgIpc) is 2.48. The lowest BCUT2D eigenvalue weighted by molar-refractivity contribution is 0.262. The monoisotopic (exact) mass is 143 g/mol. The van der Waals surface area contributed by atoms with Crippen molar-refractivity contribution in [2.24, 2.45) is 0 Å². The first-order chi connectivity index (χ1) is 4.66. The Kier molecular flexibility index (Phi) is 2.32. The van der Waals surface area contributed by atoms with E-state index in [1.165, 1.54) is 12.8 Å². The largest absolute Gasteiger partial charge is 0.396 e. The van der Waals surface area contributed by atoms with Crippen molar-refractivity contribution in [2.75, 3.05) is 6.61 Å². The van der Waals surface area contributed by atoms with E-state index < -0.39 is 0 Å². The van der Waals surface area contributed by atoms with E-state index in [4.69, 9.17) is 5.11 Å². The van der Waals surface area contributed by atoms with Crippen LogP contribution in [0.25, 0.3) is 0 Å². The molecule has 1 aliphatic carbocycles. The topological polar surface area (TPSA) is 32.3 Å². The van der Waals surface area contributed by atoms with Crippen LogP contribution in [0.15, 0.2) is 0 Å². The van der Waals surface area contributed by atoms with Crippen molar-refractivity contribution in [1.82, 2.24) is 5.32 Å². The lowest BCUT2D eigenvalue weighted by atomic mass is 10.2. The van der Waals surface area contributed by atoms with Gasteiger partial charge in [0.2, 0.25) is 0 Å². The molecular weight excluding hydrogens is 126 g/mol. The van der Waals surface area contributed by atoms with Crippen molar-refractivity contribution in [3.05, 3.63) is 0 Å². The fraction of sp³-hybridized carbons (Fsp3) is 1.00. The van der Waals surface area contributed by atoms with Crippen LogP contribution in [0.5, 0.6) is 0 Å². The van der Waals surface area contributed by atoms with E-state index in [1.807, 2.05) is 0 Å². The molecule has 10 heavy (non-hydrogen) atoms. The van der Waals surface area contributed by atoms with Gasteiger partial charge in [0.25, 0.3) is 0 Å². The van der Waals surface area contributed by atoms with Crippen LogP contribution >= 0.6 is 0 Å². The number of rotatable bonds is 4. The Hall–Kier alpha value is -0.0800. The Bertz CT molecular complexity index is 110. The second-order valence-corrected chi connectivity index (χ2v) is 3.62. The second-order valence-electron chi connectivity index (χ2n) is 3.62. The highest BCUT2D eigenvalue weighted by atomic mass is 16.3. The normalized spacial score (nSPS) is 24.3. The molecule has 1 aliphatic rings. The van der Waals surface area contributed by atoms with Crippen molar-refractivity contribution in [3.8, 4) is 0 Å². The van der Waals surface area contributed by atoms with Crippen molar-refractivity contribution >= 4 is 0 Å². The van der Waals surface area contributed by atoms with Gasteiger partial charge >= 0.3 is 0 Å². The van der Waals surface area contributed by atoms with Gasteiger partial charge in [-0.2, -0.15) is 0 Å². The van der Waals surface area contributed by atoms with E-state index in [0.717, 1.165) is 6.42 Å². The summed E-state index contributed by atoms with van der Waals surface area (Å²) < 4.78 is 0. The molecule has 1 unspecified atom stereocenters. The Morgan fingerprint density at radius 1 is 1.60 bits per heavy atom. The molecule has 0 amide bonds. The first-order valence-corrected chi connectivity index (χ1v) is 4.05. The molecule has 0 radical (unpaired) electrons. The van der Waals surface area contributed by atoms with Gasteiger partial charge in [0.1, 0.15) is 0 Å². The summed E-state index contributed by atoms with van der Waals surface area (Å²) in [5.41, 5.74) is 0.411. The lowest BCUT2D eigenvalue weighted by Crippen LogP contribution is -2.36. The molecule has 1 rings (SSSR count).